The first-order valence-electron chi connectivity index (χ1n) is 8.87. The van der Waals surface area contributed by atoms with E-state index in [-0.39, 0.29) is 6.10 Å². The monoisotopic (exact) mass is 356 g/mol. The molecule has 0 radical (unpaired) electrons. The van der Waals surface area contributed by atoms with E-state index in [1.807, 2.05) is 18.2 Å². The third-order valence-electron chi connectivity index (χ3n) is 4.08. The molecule has 2 rings (SSSR count). The second kappa shape index (κ2) is 10.2. The lowest BCUT2D eigenvalue weighted by molar-refractivity contribution is 0.0646. The maximum Gasteiger partial charge on any atom is 0.170 e. The Kier molecular flexibility index (Phi) is 7.89. The normalized spacial score (nSPS) is 12.0. The fraction of sp³-hybridized carbons (Fsp3) is 0.381. The molecule has 0 aromatic heterocycles. The van der Waals surface area contributed by atoms with E-state index < -0.39 is 0 Å². The van der Waals surface area contributed by atoms with E-state index >= 15 is 0 Å². The fourth-order valence-electron chi connectivity index (χ4n) is 2.48. The summed E-state index contributed by atoms with van der Waals surface area (Å²) in [5.74, 6) is 0.539. The van der Waals surface area contributed by atoms with Crippen molar-refractivity contribution in [3.05, 3.63) is 65.7 Å². The molecular formula is C21H28N2OS. The lowest BCUT2D eigenvalue weighted by atomic mass is 10.0. The Bertz CT molecular complexity index is 641. The van der Waals surface area contributed by atoms with Crippen LogP contribution in [0.3, 0.4) is 0 Å². The molecule has 0 fully saturated rings. The molecule has 0 aliphatic rings. The highest BCUT2D eigenvalue weighted by Gasteiger charge is 2.04. The van der Waals surface area contributed by atoms with Crippen molar-refractivity contribution in [3.63, 3.8) is 0 Å². The summed E-state index contributed by atoms with van der Waals surface area (Å²) in [6.45, 7) is 7.95. The molecule has 25 heavy (non-hydrogen) atoms. The van der Waals surface area contributed by atoms with Crippen LogP contribution in [0.5, 0.6) is 0 Å². The highest BCUT2D eigenvalue weighted by Crippen LogP contribution is 2.17. The van der Waals surface area contributed by atoms with Crippen LogP contribution in [0.1, 0.15) is 50.3 Å². The lowest BCUT2D eigenvalue weighted by Crippen LogP contribution is -2.29. The molecule has 4 heteroatoms. The van der Waals surface area contributed by atoms with Crippen LogP contribution >= 0.6 is 12.2 Å². The minimum Gasteiger partial charge on any atom is -0.374 e. The molecule has 1 atom stereocenters. The Balaban J connectivity index is 1.62. The van der Waals surface area contributed by atoms with Crippen molar-refractivity contribution >= 4 is 23.0 Å². The first-order chi connectivity index (χ1) is 12.1. The van der Waals surface area contributed by atoms with Gasteiger partial charge in [-0.2, -0.15) is 0 Å². The molecule has 2 N–H and O–H groups in total. The Hall–Kier alpha value is -1.91. The third-order valence-corrected chi connectivity index (χ3v) is 4.33. The van der Waals surface area contributed by atoms with Crippen LogP contribution in [0.15, 0.2) is 54.6 Å². The summed E-state index contributed by atoms with van der Waals surface area (Å²) < 4.78 is 5.86. The molecule has 0 saturated heterocycles. The number of rotatable bonds is 8. The van der Waals surface area contributed by atoms with Gasteiger partial charge in [0.25, 0.3) is 0 Å². The summed E-state index contributed by atoms with van der Waals surface area (Å²) in [6, 6.07) is 18.7. The number of benzene rings is 2. The van der Waals surface area contributed by atoms with Crippen molar-refractivity contribution in [1.29, 1.82) is 0 Å². The highest BCUT2D eigenvalue weighted by atomic mass is 32.1. The lowest BCUT2D eigenvalue weighted by Gasteiger charge is -2.14. The molecule has 2 aromatic rings. The van der Waals surface area contributed by atoms with Crippen molar-refractivity contribution < 1.29 is 4.74 Å². The Morgan fingerprint density at radius 3 is 2.28 bits per heavy atom. The number of hydrogen-bond acceptors (Lipinski definition) is 2. The smallest absolute Gasteiger partial charge is 0.170 e. The molecule has 0 spiro atoms. The van der Waals surface area contributed by atoms with Gasteiger partial charge in [0.2, 0.25) is 0 Å². The zero-order valence-electron chi connectivity index (χ0n) is 15.3. The summed E-state index contributed by atoms with van der Waals surface area (Å²) in [7, 11) is 0. The van der Waals surface area contributed by atoms with Gasteiger partial charge < -0.3 is 15.4 Å². The predicted octanol–water partition coefficient (Wildman–Crippen LogP) is 5.26. The third kappa shape index (κ3) is 6.85. The second-order valence-electron chi connectivity index (χ2n) is 6.43. The number of hydrogen-bond donors (Lipinski definition) is 2. The van der Waals surface area contributed by atoms with Crippen molar-refractivity contribution in [2.24, 2.45) is 0 Å². The second-order valence-corrected chi connectivity index (χ2v) is 6.84. The molecular weight excluding hydrogens is 328 g/mol. The molecule has 3 nitrogen and oxygen atoms in total. The van der Waals surface area contributed by atoms with Crippen LogP contribution in [-0.2, 0) is 4.74 Å². The van der Waals surface area contributed by atoms with Crippen LogP contribution in [0.4, 0.5) is 5.69 Å². The van der Waals surface area contributed by atoms with Crippen LogP contribution in [-0.4, -0.2) is 18.3 Å². The zero-order chi connectivity index (χ0) is 18.1. The summed E-state index contributed by atoms with van der Waals surface area (Å²) in [6.07, 6.45) is 1.02. The van der Waals surface area contributed by atoms with E-state index in [1.165, 1.54) is 11.1 Å². The van der Waals surface area contributed by atoms with Crippen LogP contribution < -0.4 is 10.6 Å². The summed E-state index contributed by atoms with van der Waals surface area (Å²) >= 11 is 5.34. The van der Waals surface area contributed by atoms with Gasteiger partial charge >= 0.3 is 0 Å². The number of nitrogens with one attached hydrogen (secondary N) is 2. The van der Waals surface area contributed by atoms with Crippen molar-refractivity contribution in [1.82, 2.24) is 5.32 Å². The summed E-state index contributed by atoms with van der Waals surface area (Å²) in [5.41, 5.74) is 3.54. The van der Waals surface area contributed by atoms with E-state index in [0.29, 0.717) is 17.6 Å². The van der Waals surface area contributed by atoms with E-state index in [0.717, 1.165) is 18.7 Å². The quantitative estimate of drug-likeness (QED) is 0.499. The molecule has 2 aromatic carbocycles. The maximum atomic E-state index is 5.86. The summed E-state index contributed by atoms with van der Waals surface area (Å²) in [5, 5.41) is 7.08. The van der Waals surface area contributed by atoms with Gasteiger partial charge in [-0.25, -0.2) is 0 Å². The number of anilines is 1. The van der Waals surface area contributed by atoms with Crippen molar-refractivity contribution in [2.45, 2.75) is 39.2 Å². The van der Waals surface area contributed by atoms with Crippen LogP contribution in [0.25, 0.3) is 0 Å². The van der Waals surface area contributed by atoms with Crippen LogP contribution in [0, 0.1) is 0 Å². The van der Waals surface area contributed by atoms with Crippen LogP contribution in [0.2, 0.25) is 0 Å². The molecule has 0 saturated carbocycles. The summed E-state index contributed by atoms with van der Waals surface area (Å²) in [4.78, 5) is 0. The van der Waals surface area contributed by atoms with Gasteiger partial charge in [-0.05, 0) is 54.7 Å². The van der Waals surface area contributed by atoms with E-state index in [9.17, 15) is 0 Å². The van der Waals surface area contributed by atoms with Gasteiger partial charge in [0.05, 0.1) is 6.10 Å². The highest BCUT2D eigenvalue weighted by molar-refractivity contribution is 7.80. The van der Waals surface area contributed by atoms with Gasteiger partial charge in [-0.15, -0.1) is 0 Å². The SMILES string of the molecule is CC(C)c1ccc(NC(=S)NCCCO[C@@H](C)c2ccccc2)cc1. The van der Waals surface area contributed by atoms with E-state index in [4.69, 9.17) is 17.0 Å². The molecule has 134 valence electrons. The number of ether oxygens (including phenoxy) is 1. The van der Waals surface area contributed by atoms with E-state index in [2.05, 4.69) is 67.8 Å². The number of thiocarbonyl (C=S) groups is 1. The Morgan fingerprint density at radius 1 is 0.960 bits per heavy atom. The Labute approximate surface area is 156 Å². The zero-order valence-corrected chi connectivity index (χ0v) is 16.1. The van der Waals surface area contributed by atoms with E-state index in [1.54, 1.807) is 0 Å². The molecule has 0 heterocycles. The van der Waals surface area contributed by atoms with Gasteiger partial charge in [0.1, 0.15) is 0 Å². The largest absolute Gasteiger partial charge is 0.374 e. The minimum absolute atomic E-state index is 0.116. The van der Waals surface area contributed by atoms with Gasteiger partial charge in [-0.3, -0.25) is 0 Å². The fourth-order valence-corrected chi connectivity index (χ4v) is 2.70. The van der Waals surface area contributed by atoms with Gasteiger partial charge in [-0.1, -0.05) is 56.3 Å². The maximum absolute atomic E-state index is 5.86. The van der Waals surface area contributed by atoms with Crippen molar-refractivity contribution in [3.8, 4) is 0 Å². The molecule has 0 bridgehead atoms. The van der Waals surface area contributed by atoms with Crippen molar-refractivity contribution in [2.75, 3.05) is 18.5 Å². The molecule has 0 aliphatic carbocycles. The topological polar surface area (TPSA) is 33.3 Å². The minimum atomic E-state index is 0.116. The molecule has 0 aliphatic heterocycles. The first-order valence-corrected chi connectivity index (χ1v) is 9.28. The average Bonchev–Trinajstić information content (AvgIpc) is 2.62. The Morgan fingerprint density at radius 2 is 1.64 bits per heavy atom. The van der Waals surface area contributed by atoms with Gasteiger partial charge in [0.15, 0.2) is 5.11 Å². The van der Waals surface area contributed by atoms with Gasteiger partial charge in [0, 0.05) is 18.8 Å². The molecule has 0 amide bonds. The predicted molar refractivity (Wildman–Crippen MR) is 110 cm³/mol. The standard InChI is InChI=1S/C21H28N2OS/c1-16(2)18-10-12-20(13-11-18)23-21(25)22-14-7-15-24-17(3)19-8-5-4-6-9-19/h4-6,8-13,16-17H,7,14-15H2,1-3H3,(H2,22,23,25)/t17-/m0/s1. The average molecular weight is 357 g/mol. The molecule has 0 unspecified atom stereocenters. The first kappa shape index (κ1) is 19.4.